The summed E-state index contributed by atoms with van der Waals surface area (Å²) in [6.45, 7) is 4.65. The highest BCUT2D eigenvalue weighted by Crippen LogP contribution is 2.52. The number of thiophene rings is 1. The fraction of sp³-hybridized carbons (Fsp3) is 0.150. The van der Waals surface area contributed by atoms with Crippen LogP contribution in [0.1, 0.15) is 25.0 Å². The highest BCUT2D eigenvalue weighted by molar-refractivity contribution is 7.25. The Bertz CT molecular complexity index is 1060. The second-order valence-corrected chi connectivity index (χ2v) is 7.57. The first-order chi connectivity index (χ1) is 10.7. The van der Waals surface area contributed by atoms with Gasteiger partial charge in [-0.25, -0.2) is 0 Å². The van der Waals surface area contributed by atoms with Crippen LogP contribution in [-0.2, 0) is 5.41 Å². The minimum Gasteiger partial charge on any atom is -0.256 e. The van der Waals surface area contributed by atoms with Crippen LogP contribution < -0.4 is 0 Å². The maximum Gasteiger partial charge on any atom is 0.0746 e. The highest BCUT2D eigenvalue weighted by atomic mass is 32.1. The molecule has 0 spiro atoms. The Hall–Kier alpha value is -2.19. The van der Waals surface area contributed by atoms with Crippen molar-refractivity contribution in [3.05, 3.63) is 65.9 Å². The highest BCUT2D eigenvalue weighted by Gasteiger charge is 2.38. The van der Waals surface area contributed by atoms with Crippen molar-refractivity contribution in [1.29, 1.82) is 0 Å². The minimum absolute atomic E-state index is 0.00226. The molecule has 2 heteroatoms. The van der Waals surface area contributed by atoms with Gasteiger partial charge in [0, 0.05) is 37.3 Å². The third kappa shape index (κ3) is 1.36. The first-order valence-electron chi connectivity index (χ1n) is 7.58. The molecule has 0 unspecified atom stereocenters. The van der Waals surface area contributed by atoms with Gasteiger partial charge in [-0.05, 0) is 29.3 Å². The van der Waals surface area contributed by atoms with Gasteiger partial charge in [0.05, 0.1) is 5.69 Å². The Labute approximate surface area is 133 Å². The summed E-state index contributed by atoms with van der Waals surface area (Å²) in [6.07, 6.45) is 1.90. The summed E-state index contributed by atoms with van der Waals surface area (Å²) in [5, 5.41) is 2.79. The molecule has 2 aromatic carbocycles. The molecule has 0 N–H and O–H groups in total. The van der Waals surface area contributed by atoms with Crippen molar-refractivity contribution >= 4 is 31.5 Å². The first kappa shape index (κ1) is 12.4. The number of hydrogen-bond donors (Lipinski definition) is 0. The number of pyridine rings is 1. The predicted molar refractivity (Wildman–Crippen MR) is 94.7 cm³/mol. The number of fused-ring (bicyclic) bond motifs is 7. The van der Waals surface area contributed by atoms with Crippen molar-refractivity contribution in [2.75, 3.05) is 0 Å². The molecule has 0 atom stereocenters. The van der Waals surface area contributed by atoms with Gasteiger partial charge in [0.2, 0.25) is 0 Å². The van der Waals surface area contributed by atoms with Crippen LogP contribution in [-0.4, -0.2) is 4.98 Å². The molecule has 106 valence electrons. The van der Waals surface area contributed by atoms with Crippen LogP contribution in [0.2, 0.25) is 0 Å². The van der Waals surface area contributed by atoms with Crippen molar-refractivity contribution < 1.29 is 0 Å². The molecule has 1 nitrogen and oxygen atoms in total. The number of nitrogens with zero attached hydrogens (tertiary/aromatic N) is 1. The zero-order valence-electron chi connectivity index (χ0n) is 12.6. The fourth-order valence-electron chi connectivity index (χ4n) is 3.92. The molecule has 0 saturated heterocycles. The van der Waals surface area contributed by atoms with Crippen LogP contribution in [0.3, 0.4) is 0 Å². The monoisotopic (exact) mass is 301 g/mol. The second-order valence-electron chi connectivity index (χ2n) is 6.48. The lowest BCUT2D eigenvalue weighted by Gasteiger charge is -2.22. The Morgan fingerprint density at radius 2 is 1.77 bits per heavy atom. The third-order valence-corrected chi connectivity index (χ3v) is 6.04. The van der Waals surface area contributed by atoms with Gasteiger partial charge < -0.3 is 0 Å². The molecule has 1 aliphatic rings. The molecule has 0 saturated carbocycles. The van der Waals surface area contributed by atoms with E-state index in [0.717, 1.165) is 5.69 Å². The van der Waals surface area contributed by atoms with E-state index in [1.54, 1.807) is 0 Å². The average molecular weight is 301 g/mol. The van der Waals surface area contributed by atoms with Crippen molar-refractivity contribution in [3.8, 4) is 11.3 Å². The van der Waals surface area contributed by atoms with E-state index < -0.39 is 0 Å². The van der Waals surface area contributed by atoms with Crippen molar-refractivity contribution in [2.24, 2.45) is 0 Å². The van der Waals surface area contributed by atoms with E-state index in [1.165, 1.54) is 36.9 Å². The molecule has 2 aromatic heterocycles. The number of hydrogen-bond acceptors (Lipinski definition) is 2. The van der Waals surface area contributed by atoms with Crippen molar-refractivity contribution in [2.45, 2.75) is 19.3 Å². The van der Waals surface area contributed by atoms with Gasteiger partial charge in [-0.2, -0.15) is 0 Å². The van der Waals surface area contributed by atoms with Gasteiger partial charge in [-0.15, -0.1) is 11.3 Å². The molecule has 0 bridgehead atoms. The standard InChI is InChI=1S/C20H15NS/c1-20(2)14-7-5-11-21-19(14)13-9-10-16-17(18(13)20)12-6-3-4-8-15(12)22-16/h3-11H,1-2H3. The van der Waals surface area contributed by atoms with Gasteiger partial charge in [0.15, 0.2) is 0 Å². The largest absolute Gasteiger partial charge is 0.256 e. The van der Waals surface area contributed by atoms with Gasteiger partial charge >= 0.3 is 0 Å². The maximum absolute atomic E-state index is 4.67. The summed E-state index contributed by atoms with van der Waals surface area (Å²) in [4.78, 5) is 4.67. The zero-order valence-corrected chi connectivity index (χ0v) is 13.4. The first-order valence-corrected chi connectivity index (χ1v) is 8.40. The quantitative estimate of drug-likeness (QED) is 0.402. The van der Waals surface area contributed by atoms with E-state index in [-0.39, 0.29) is 5.41 Å². The van der Waals surface area contributed by atoms with Gasteiger partial charge in [-0.3, -0.25) is 4.98 Å². The van der Waals surface area contributed by atoms with E-state index in [9.17, 15) is 0 Å². The van der Waals surface area contributed by atoms with E-state index >= 15 is 0 Å². The molecule has 1 aliphatic carbocycles. The van der Waals surface area contributed by atoms with E-state index in [2.05, 4.69) is 67.4 Å². The molecular formula is C20H15NS. The SMILES string of the molecule is CC1(C)c2cccnc2-c2ccc3sc4ccccc4c3c21. The Balaban J connectivity index is 2.03. The summed E-state index contributed by atoms with van der Waals surface area (Å²) in [6, 6.07) is 17.5. The van der Waals surface area contributed by atoms with Crippen LogP contribution in [0.25, 0.3) is 31.4 Å². The third-order valence-electron chi connectivity index (χ3n) is 4.90. The van der Waals surface area contributed by atoms with Crippen LogP contribution in [0.15, 0.2) is 54.7 Å². The topological polar surface area (TPSA) is 12.9 Å². The molecule has 0 radical (unpaired) electrons. The summed E-state index contributed by atoms with van der Waals surface area (Å²) >= 11 is 1.89. The van der Waals surface area contributed by atoms with E-state index in [1.807, 2.05) is 17.5 Å². The molecule has 4 aromatic rings. The maximum atomic E-state index is 4.67. The summed E-state index contributed by atoms with van der Waals surface area (Å²) < 4.78 is 2.74. The molecule has 0 fully saturated rings. The normalized spacial score (nSPS) is 15.2. The summed E-state index contributed by atoms with van der Waals surface area (Å²) in [7, 11) is 0. The summed E-state index contributed by atoms with van der Waals surface area (Å²) in [5.74, 6) is 0. The Kier molecular flexibility index (Phi) is 2.23. The van der Waals surface area contributed by atoms with E-state index in [4.69, 9.17) is 0 Å². The molecular weight excluding hydrogens is 286 g/mol. The minimum atomic E-state index is 0.00226. The average Bonchev–Trinajstić information content (AvgIpc) is 3.02. The van der Waals surface area contributed by atoms with Gasteiger partial charge in [0.25, 0.3) is 0 Å². The van der Waals surface area contributed by atoms with Crippen molar-refractivity contribution in [3.63, 3.8) is 0 Å². The van der Waals surface area contributed by atoms with E-state index in [0.29, 0.717) is 0 Å². The smallest absolute Gasteiger partial charge is 0.0746 e. The number of benzene rings is 2. The van der Waals surface area contributed by atoms with Gasteiger partial charge in [-0.1, -0.05) is 44.2 Å². The molecule has 5 rings (SSSR count). The number of aromatic nitrogens is 1. The van der Waals surface area contributed by atoms with Gasteiger partial charge in [0.1, 0.15) is 0 Å². The summed E-state index contributed by atoms with van der Waals surface area (Å²) in [5.41, 5.74) is 5.24. The predicted octanol–water partition coefficient (Wildman–Crippen LogP) is 5.76. The molecule has 0 aliphatic heterocycles. The Morgan fingerprint density at radius 3 is 2.68 bits per heavy atom. The molecule has 2 heterocycles. The van der Waals surface area contributed by atoms with Crippen LogP contribution in [0.4, 0.5) is 0 Å². The fourth-order valence-corrected chi connectivity index (χ4v) is 5.04. The van der Waals surface area contributed by atoms with Crippen LogP contribution in [0, 0.1) is 0 Å². The Morgan fingerprint density at radius 1 is 0.909 bits per heavy atom. The van der Waals surface area contributed by atoms with Crippen LogP contribution >= 0.6 is 11.3 Å². The lowest BCUT2D eigenvalue weighted by atomic mass is 9.81. The van der Waals surface area contributed by atoms with Crippen LogP contribution in [0.5, 0.6) is 0 Å². The lowest BCUT2D eigenvalue weighted by molar-refractivity contribution is 0.665. The van der Waals surface area contributed by atoms with Crippen molar-refractivity contribution in [1.82, 2.24) is 4.98 Å². The lowest BCUT2D eigenvalue weighted by Crippen LogP contribution is -2.15. The molecule has 0 amide bonds. The number of rotatable bonds is 0. The molecule has 22 heavy (non-hydrogen) atoms. The second kappa shape index (κ2) is 3.96. The zero-order chi connectivity index (χ0) is 14.9.